The number of rotatable bonds is 4. The van der Waals surface area contributed by atoms with Crippen molar-refractivity contribution in [2.45, 2.75) is 12.8 Å². The lowest BCUT2D eigenvalue weighted by molar-refractivity contribution is 0.0966. The first-order chi connectivity index (χ1) is 12.8. The summed E-state index contributed by atoms with van der Waals surface area (Å²) in [5.41, 5.74) is 1.92. The molecule has 0 spiro atoms. The van der Waals surface area contributed by atoms with Crippen LogP contribution < -0.4 is 0 Å². The number of carbonyl (C=O) groups excluding carboxylic acids is 1. The lowest BCUT2D eigenvalue weighted by Gasteiger charge is -2.08. The number of ketones is 1. The van der Waals surface area contributed by atoms with E-state index in [1.807, 2.05) is 6.07 Å². The summed E-state index contributed by atoms with van der Waals surface area (Å²) in [5, 5.41) is 5.27. The van der Waals surface area contributed by atoms with Crippen molar-refractivity contribution in [3.63, 3.8) is 0 Å². The minimum Gasteiger partial charge on any atom is -0.294 e. The van der Waals surface area contributed by atoms with Crippen LogP contribution in [0.1, 0.15) is 23.2 Å². The van der Waals surface area contributed by atoms with Crippen molar-refractivity contribution in [2.24, 2.45) is 5.92 Å². The first kappa shape index (κ1) is 18.3. The largest absolute Gasteiger partial charge is 0.294 e. The highest BCUT2D eigenvalue weighted by Crippen LogP contribution is 2.29. The third-order valence-electron chi connectivity index (χ3n) is 4.83. The molecule has 0 saturated carbocycles. The quantitative estimate of drug-likeness (QED) is 0.564. The number of halogens is 2. The Bertz CT molecular complexity index is 1140. The Kier molecular flexibility index (Phi) is 4.63. The van der Waals surface area contributed by atoms with E-state index in [2.05, 4.69) is 21.0 Å². The third kappa shape index (κ3) is 3.68. The Hall–Kier alpha value is -2.06. The number of fused-ring (bicyclic) bond motifs is 1. The van der Waals surface area contributed by atoms with Gasteiger partial charge in [-0.15, -0.1) is 0 Å². The lowest BCUT2D eigenvalue weighted by atomic mass is 9.97. The molecule has 0 aliphatic carbocycles. The molecule has 27 heavy (non-hydrogen) atoms. The van der Waals surface area contributed by atoms with Gasteiger partial charge in [0.05, 0.1) is 22.7 Å². The van der Waals surface area contributed by atoms with Crippen LogP contribution in [0.15, 0.2) is 47.1 Å². The summed E-state index contributed by atoms with van der Waals surface area (Å²) in [6.07, 6.45) is 0.756. The van der Waals surface area contributed by atoms with E-state index in [9.17, 15) is 17.6 Å². The first-order valence-corrected chi connectivity index (χ1v) is 11.1. The van der Waals surface area contributed by atoms with E-state index in [4.69, 9.17) is 0 Å². The zero-order valence-corrected chi connectivity index (χ0v) is 16.6. The van der Waals surface area contributed by atoms with Gasteiger partial charge in [0.25, 0.3) is 0 Å². The number of hydrogen-bond acceptors (Lipinski definition) is 4. The summed E-state index contributed by atoms with van der Waals surface area (Å²) in [6.45, 7) is 0. The van der Waals surface area contributed by atoms with Crippen molar-refractivity contribution in [3.8, 4) is 5.69 Å². The highest BCUT2D eigenvalue weighted by Gasteiger charge is 2.29. The van der Waals surface area contributed by atoms with Crippen molar-refractivity contribution in [1.29, 1.82) is 0 Å². The van der Waals surface area contributed by atoms with Gasteiger partial charge in [-0.25, -0.2) is 17.5 Å². The molecule has 4 rings (SSSR count). The Morgan fingerprint density at radius 1 is 1.22 bits per heavy atom. The van der Waals surface area contributed by atoms with Gasteiger partial charge in [-0.1, -0.05) is 6.07 Å². The minimum absolute atomic E-state index is 0.0815. The molecule has 2 heterocycles. The number of carbonyl (C=O) groups is 1. The standard InChI is InChI=1S/C19H16BrFN2O3S/c20-19-16-6-1-13(18(24)9-12-7-8-27(25,26)11-12)10-17(16)23(22-19)15-4-2-14(21)3-5-15/h1-6,10,12H,7-9,11H2. The number of Topliss-reactive ketones (excluding diaryl/α,β-unsaturated/α-hetero) is 1. The fourth-order valence-corrected chi connectivity index (χ4v) is 5.80. The molecule has 2 aromatic carbocycles. The van der Waals surface area contributed by atoms with Crippen LogP contribution in [-0.2, 0) is 9.84 Å². The highest BCUT2D eigenvalue weighted by molar-refractivity contribution is 9.10. The second-order valence-electron chi connectivity index (χ2n) is 6.81. The van der Waals surface area contributed by atoms with E-state index in [1.54, 1.807) is 28.9 Å². The number of nitrogens with zero attached hydrogens (tertiary/aromatic N) is 2. The number of sulfone groups is 1. The van der Waals surface area contributed by atoms with Gasteiger partial charge in [-0.2, -0.15) is 5.10 Å². The molecule has 1 saturated heterocycles. The average Bonchev–Trinajstić information content (AvgIpc) is 3.14. The van der Waals surface area contributed by atoms with E-state index in [0.29, 0.717) is 22.3 Å². The monoisotopic (exact) mass is 450 g/mol. The summed E-state index contributed by atoms with van der Waals surface area (Å²) in [6, 6.07) is 11.2. The number of aromatic nitrogens is 2. The molecule has 5 nitrogen and oxygen atoms in total. The van der Waals surface area contributed by atoms with Gasteiger partial charge in [-0.3, -0.25) is 4.79 Å². The molecule has 140 valence electrons. The van der Waals surface area contributed by atoms with E-state index in [0.717, 1.165) is 10.9 Å². The summed E-state index contributed by atoms with van der Waals surface area (Å²) in [4.78, 5) is 12.7. The first-order valence-electron chi connectivity index (χ1n) is 8.50. The molecule has 1 fully saturated rings. The second-order valence-corrected chi connectivity index (χ2v) is 9.79. The molecule has 8 heteroatoms. The second kappa shape index (κ2) is 6.83. The summed E-state index contributed by atoms with van der Waals surface area (Å²) in [5.74, 6) is -0.292. The van der Waals surface area contributed by atoms with Gasteiger partial charge >= 0.3 is 0 Å². The van der Waals surface area contributed by atoms with E-state index >= 15 is 0 Å². The van der Waals surface area contributed by atoms with Crippen molar-refractivity contribution < 1.29 is 17.6 Å². The SMILES string of the molecule is O=C(CC1CCS(=O)(=O)C1)c1ccc2c(Br)nn(-c3ccc(F)cc3)c2c1. The number of hydrogen-bond donors (Lipinski definition) is 0. The smallest absolute Gasteiger partial charge is 0.163 e. The predicted molar refractivity (Wildman–Crippen MR) is 104 cm³/mol. The third-order valence-corrected chi connectivity index (χ3v) is 7.25. The zero-order valence-electron chi connectivity index (χ0n) is 14.2. The fourth-order valence-electron chi connectivity index (χ4n) is 3.44. The fraction of sp³-hybridized carbons (Fsp3) is 0.263. The molecule has 1 aliphatic rings. The minimum atomic E-state index is -3.00. The molecule has 0 N–H and O–H groups in total. The highest BCUT2D eigenvalue weighted by atomic mass is 79.9. The maximum absolute atomic E-state index is 13.2. The van der Waals surface area contributed by atoms with Crippen LogP contribution in [-0.4, -0.2) is 35.5 Å². The molecule has 0 amide bonds. The lowest BCUT2D eigenvalue weighted by Crippen LogP contribution is -2.11. The van der Waals surface area contributed by atoms with Crippen molar-refractivity contribution in [3.05, 3.63) is 58.4 Å². The van der Waals surface area contributed by atoms with Gasteiger partial charge in [0.1, 0.15) is 10.4 Å². The number of benzene rings is 2. The topological polar surface area (TPSA) is 69.0 Å². The van der Waals surface area contributed by atoms with Gasteiger partial charge in [-0.05, 0) is 64.7 Å². The Morgan fingerprint density at radius 2 is 1.96 bits per heavy atom. The van der Waals surface area contributed by atoms with Crippen LogP contribution in [0.2, 0.25) is 0 Å². The Balaban J connectivity index is 1.68. The Labute approximate surface area is 164 Å². The summed E-state index contributed by atoms with van der Waals surface area (Å²) < 4.78 is 38.7. The van der Waals surface area contributed by atoms with Crippen LogP contribution in [0.4, 0.5) is 4.39 Å². The summed E-state index contributed by atoms with van der Waals surface area (Å²) in [7, 11) is -3.00. The molecule has 1 aliphatic heterocycles. The normalized spacial score (nSPS) is 18.8. The molecule has 1 atom stereocenters. The predicted octanol–water partition coefficient (Wildman–Crippen LogP) is 3.93. The Morgan fingerprint density at radius 3 is 2.63 bits per heavy atom. The van der Waals surface area contributed by atoms with Gasteiger partial charge < -0.3 is 0 Å². The molecule has 3 aromatic rings. The molecular formula is C19H16BrFN2O3S. The van der Waals surface area contributed by atoms with Crippen molar-refractivity contribution >= 4 is 42.5 Å². The molecule has 1 unspecified atom stereocenters. The van der Waals surface area contributed by atoms with Crippen LogP contribution in [0, 0.1) is 11.7 Å². The van der Waals surface area contributed by atoms with E-state index in [1.165, 1.54) is 12.1 Å². The molecular weight excluding hydrogens is 435 g/mol. The van der Waals surface area contributed by atoms with Gasteiger partial charge in [0.15, 0.2) is 15.6 Å². The average molecular weight is 451 g/mol. The van der Waals surface area contributed by atoms with Gasteiger partial charge in [0, 0.05) is 17.4 Å². The maximum Gasteiger partial charge on any atom is 0.163 e. The molecule has 0 bridgehead atoms. The van der Waals surface area contributed by atoms with Crippen LogP contribution in [0.5, 0.6) is 0 Å². The van der Waals surface area contributed by atoms with Crippen LogP contribution in [0.3, 0.4) is 0 Å². The van der Waals surface area contributed by atoms with E-state index in [-0.39, 0.29) is 35.4 Å². The maximum atomic E-state index is 13.2. The van der Waals surface area contributed by atoms with Gasteiger partial charge in [0.2, 0.25) is 0 Å². The molecule has 1 aromatic heterocycles. The van der Waals surface area contributed by atoms with Crippen molar-refractivity contribution in [1.82, 2.24) is 9.78 Å². The molecule has 0 radical (unpaired) electrons. The van der Waals surface area contributed by atoms with Crippen LogP contribution in [0.25, 0.3) is 16.6 Å². The summed E-state index contributed by atoms with van der Waals surface area (Å²) >= 11 is 3.42. The van der Waals surface area contributed by atoms with Crippen LogP contribution >= 0.6 is 15.9 Å². The zero-order chi connectivity index (χ0) is 19.2. The van der Waals surface area contributed by atoms with E-state index < -0.39 is 9.84 Å². The van der Waals surface area contributed by atoms with Crippen molar-refractivity contribution in [2.75, 3.05) is 11.5 Å².